The summed E-state index contributed by atoms with van der Waals surface area (Å²) >= 11 is 2.89. The van der Waals surface area contributed by atoms with Crippen molar-refractivity contribution in [1.29, 1.82) is 0 Å². The van der Waals surface area contributed by atoms with Crippen LogP contribution in [-0.4, -0.2) is 64.4 Å². The van der Waals surface area contributed by atoms with E-state index in [9.17, 15) is 14.4 Å². The Morgan fingerprint density at radius 2 is 2.03 bits per heavy atom. The molecule has 0 aliphatic carbocycles. The summed E-state index contributed by atoms with van der Waals surface area (Å²) in [6, 6.07) is 7.43. The molecule has 1 aliphatic rings. The van der Waals surface area contributed by atoms with Crippen LogP contribution in [0.1, 0.15) is 35.0 Å². The fourth-order valence-corrected chi connectivity index (χ4v) is 4.52. The first-order chi connectivity index (χ1) is 14.6. The second-order valence-corrected chi connectivity index (χ2v) is 8.96. The zero-order valence-electron chi connectivity index (χ0n) is 17.0. The van der Waals surface area contributed by atoms with Gasteiger partial charge in [0.15, 0.2) is 0 Å². The van der Waals surface area contributed by atoms with Gasteiger partial charge in [0.2, 0.25) is 11.8 Å². The molecule has 2 aromatic heterocycles. The van der Waals surface area contributed by atoms with E-state index in [4.69, 9.17) is 0 Å². The van der Waals surface area contributed by atoms with Crippen molar-refractivity contribution in [3.8, 4) is 0 Å². The number of carbonyl (C=O) groups is 3. The van der Waals surface area contributed by atoms with E-state index in [1.54, 1.807) is 29.7 Å². The molecule has 7 nitrogen and oxygen atoms in total. The van der Waals surface area contributed by atoms with E-state index in [2.05, 4.69) is 10.3 Å². The predicted octanol–water partition coefficient (Wildman–Crippen LogP) is 2.64. The van der Waals surface area contributed by atoms with Gasteiger partial charge in [-0.3, -0.25) is 14.4 Å². The Bertz CT molecular complexity index is 850. The van der Waals surface area contributed by atoms with Gasteiger partial charge in [-0.25, -0.2) is 4.98 Å². The van der Waals surface area contributed by atoms with E-state index in [0.29, 0.717) is 23.7 Å². The van der Waals surface area contributed by atoms with Crippen molar-refractivity contribution in [2.75, 3.05) is 31.9 Å². The molecule has 1 N–H and O–H groups in total. The highest BCUT2D eigenvalue weighted by Crippen LogP contribution is 2.18. The first-order valence-electron chi connectivity index (χ1n) is 10.0. The van der Waals surface area contributed by atoms with Crippen LogP contribution in [0.5, 0.6) is 0 Å². The monoisotopic (exact) mass is 446 g/mol. The van der Waals surface area contributed by atoms with Crippen LogP contribution in [0.3, 0.4) is 0 Å². The molecule has 30 heavy (non-hydrogen) atoms. The van der Waals surface area contributed by atoms with Crippen molar-refractivity contribution in [1.82, 2.24) is 20.1 Å². The topological polar surface area (TPSA) is 82.6 Å². The van der Waals surface area contributed by atoms with Gasteiger partial charge in [-0.2, -0.15) is 0 Å². The zero-order valence-corrected chi connectivity index (χ0v) is 18.6. The highest BCUT2D eigenvalue weighted by atomic mass is 32.2. The zero-order chi connectivity index (χ0) is 21.3. The fourth-order valence-electron chi connectivity index (χ4n) is 3.13. The van der Waals surface area contributed by atoms with Crippen LogP contribution in [-0.2, 0) is 16.1 Å². The van der Waals surface area contributed by atoms with Crippen LogP contribution in [0.25, 0.3) is 0 Å². The number of pyridine rings is 1. The smallest absolute Gasteiger partial charge is 0.255 e. The molecule has 3 heterocycles. The summed E-state index contributed by atoms with van der Waals surface area (Å²) in [5, 5.41) is 5.48. The van der Waals surface area contributed by atoms with Crippen molar-refractivity contribution >= 4 is 40.8 Å². The highest BCUT2D eigenvalue weighted by molar-refractivity contribution is 7.99. The standard InChI is InChI=1S/C21H26N4O3S2/c1-2-24(14-18(26)22-13-17-6-5-11-29-17)20(27)15-30-19-8-7-16(12-23-19)21(28)25-9-3-4-10-25/h5-8,11-12H,2-4,9-10,13-15H2,1H3,(H,22,26). The van der Waals surface area contributed by atoms with Crippen LogP contribution < -0.4 is 5.32 Å². The maximum atomic E-state index is 12.5. The summed E-state index contributed by atoms with van der Waals surface area (Å²) in [5.74, 6) is -0.0870. The molecule has 3 amide bonds. The number of thioether (sulfide) groups is 1. The van der Waals surface area contributed by atoms with E-state index >= 15 is 0 Å². The van der Waals surface area contributed by atoms with Crippen molar-refractivity contribution in [3.63, 3.8) is 0 Å². The summed E-state index contributed by atoms with van der Waals surface area (Å²) in [6.07, 6.45) is 3.67. The number of likely N-dealkylation sites (N-methyl/N-ethyl adjacent to an activating group) is 1. The molecule has 0 unspecified atom stereocenters. The number of nitrogens with zero attached hydrogens (tertiary/aromatic N) is 3. The Labute approximate surface area is 184 Å². The summed E-state index contributed by atoms with van der Waals surface area (Å²) in [5.41, 5.74) is 0.574. The molecular weight excluding hydrogens is 420 g/mol. The largest absolute Gasteiger partial charge is 0.350 e. The molecule has 1 fully saturated rings. The maximum Gasteiger partial charge on any atom is 0.255 e. The van der Waals surface area contributed by atoms with Gasteiger partial charge in [0, 0.05) is 30.7 Å². The Morgan fingerprint density at radius 1 is 1.23 bits per heavy atom. The van der Waals surface area contributed by atoms with Gasteiger partial charge in [0.1, 0.15) is 0 Å². The summed E-state index contributed by atoms with van der Waals surface area (Å²) in [4.78, 5) is 45.8. The Kier molecular flexibility index (Phi) is 8.27. The lowest BCUT2D eigenvalue weighted by atomic mass is 10.2. The number of hydrogen-bond donors (Lipinski definition) is 1. The van der Waals surface area contributed by atoms with Crippen LogP contribution in [0.15, 0.2) is 40.9 Å². The quantitative estimate of drug-likeness (QED) is 0.599. The third kappa shape index (κ3) is 6.30. The average Bonchev–Trinajstić information content (AvgIpc) is 3.48. The molecule has 1 saturated heterocycles. The van der Waals surface area contributed by atoms with Gasteiger partial charge in [-0.1, -0.05) is 17.8 Å². The molecule has 2 aromatic rings. The minimum atomic E-state index is -0.175. The number of thiophene rings is 1. The molecule has 160 valence electrons. The van der Waals surface area contributed by atoms with Crippen molar-refractivity contribution in [3.05, 3.63) is 46.3 Å². The number of nitrogens with one attached hydrogen (secondary N) is 1. The van der Waals surface area contributed by atoms with Crippen LogP contribution in [0.4, 0.5) is 0 Å². The van der Waals surface area contributed by atoms with Crippen molar-refractivity contribution in [2.24, 2.45) is 0 Å². The number of hydrogen-bond acceptors (Lipinski definition) is 6. The van der Waals surface area contributed by atoms with Crippen LogP contribution in [0.2, 0.25) is 0 Å². The van der Waals surface area contributed by atoms with E-state index in [1.807, 2.05) is 29.3 Å². The van der Waals surface area contributed by atoms with Crippen molar-refractivity contribution < 1.29 is 14.4 Å². The number of aromatic nitrogens is 1. The number of likely N-dealkylation sites (tertiary alicyclic amines) is 1. The van der Waals surface area contributed by atoms with E-state index in [1.165, 1.54) is 16.7 Å². The first kappa shape index (κ1) is 22.3. The lowest BCUT2D eigenvalue weighted by molar-refractivity contribution is -0.133. The molecule has 9 heteroatoms. The van der Waals surface area contributed by atoms with Gasteiger partial charge in [-0.05, 0) is 43.3 Å². The molecule has 0 saturated carbocycles. The van der Waals surface area contributed by atoms with Crippen molar-refractivity contribution in [2.45, 2.75) is 31.3 Å². The third-order valence-corrected chi connectivity index (χ3v) is 6.63. The fraction of sp³-hybridized carbons (Fsp3) is 0.429. The van der Waals surface area contributed by atoms with Gasteiger partial charge >= 0.3 is 0 Å². The van der Waals surface area contributed by atoms with Gasteiger partial charge in [-0.15, -0.1) is 11.3 Å². The van der Waals surface area contributed by atoms with E-state index < -0.39 is 0 Å². The second-order valence-electron chi connectivity index (χ2n) is 6.94. The minimum Gasteiger partial charge on any atom is -0.350 e. The third-order valence-electron chi connectivity index (χ3n) is 4.83. The lowest BCUT2D eigenvalue weighted by Gasteiger charge is -2.20. The van der Waals surface area contributed by atoms with Gasteiger partial charge < -0.3 is 15.1 Å². The highest BCUT2D eigenvalue weighted by Gasteiger charge is 2.20. The minimum absolute atomic E-state index is 0.0124. The molecule has 0 bridgehead atoms. The van der Waals surface area contributed by atoms with E-state index in [0.717, 1.165) is 30.8 Å². The number of carbonyl (C=O) groups excluding carboxylic acids is 3. The summed E-state index contributed by atoms with van der Waals surface area (Å²) in [7, 11) is 0. The SMILES string of the molecule is CCN(CC(=O)NCc1cccs1)C(=O)CSc1ccc(C(=O)N2CCCC2)cn1. The molecule has 3 rings (SSSR count). The van der Waals surface area contributed by atoms with Crippen LogP contribution >= 0.6 is 23.1 Å². The molecule has 0 radical (unpaired) electrons. The van der Waals surface area contributed by atoms with Gasteiger partial charge in [0.05, 0.1) is 29.4 Å². The van der Waals surface area contributed by atoms with E-state index in [-0.39, 0.29) is 30.0 Å². The summed E-state index contributed by atoms with van der Waals surface area (Å²) in [6.45, 7) is 4.44. The first-order valence-corrected chi connectivity index (χ1v) is 11.9. The number of rotatable bonds is 9. The lowest BCUT2D eigenvalue weighted by Crippen LogP contribution is -2.41. The van der Waals surface area contributed by atoms with Crippen LogP contribution in [0, 0.1) is 0 Å². The molecular formula is C21H26N4O3S2. The summed E-state index contributed by atoms with van der Waals surface area (Å²) < 4.78 is 0. The average molecular weight is 447 g/mol. The van der Waals surface area contributed by atoms with Gasteiger partial charge in [0.25, 0.3) is 5.91 Å². The maximum absolute atomic E-state index is 12.5. The second kappa shape index (κ2) is 11.1. The molecule has 0 aromatic carbocycles. The Morgan fingerprint density at radius 3 is 2.67 bits per heavy atom. The molecule has 1 aliphatic heterocycles. The Hall–Kier alpha value is -2.39. The predicted molar refractivity (Wildman–Crippen MR) is 119 cm³/mol. The molecule has 0 spiro atoms. The number of amides is 3. The molecule has 0 atom stereocenters. The normalized spacial score (nSPS) is 13.3. The Balaban J connectivity index is 1.44.